The van der Waals surface area contributed by atoms with Gasteiger partial charge in [-0.1, -0.05) is 19.1 Å². The summed E-state index contributed by atoms with van der Waals surface area (Å²) in [6.45, 7) is 4.36. The minimum atomic E-state index is -0.158. The van der Waals surface area contributed by atoms with Gasteiger partial charge in [-0.3, -0.25) is 4.79 Å². The molecule has 4 nitrogen and oxygen atoms in total. The number of carbonyl (C=O) groups is 1. The second-order valence-corrected chi connectivity index (χ2v) is 5.73. The molecule has 0 aliphatic rings. The van der Waals surface area contributed by atoms with E-state index >= 15 is 0 Å². The average Bonchev–Trinajstić information content (AvgIpc) is 2.47. The molecule has 0 amide bonds. The van der Waals surface area contributed by atoms with Crippen molar-refractivity contribution in [3.05, 3.63) is 29.8 Å². The molecule has 0 saturated carbocycles. The standard InChI is InChI=1S/C15H23NO3S/c1-5-19-14(17)10-20-11(2)15(16-3)12-6-8-13(18-4)9-7-12/h6-9,11,15-16H,5,10H2,1-4H3. The van der Waals surface area contributed by atoms with E-state index in [0.717, 1.165) is 5.75 Å². The molecule has 2 unspecified atom stereocenters. The maximum Gasteiger partial charge on any atom is 0.315 e. The molecule has 0 radical (unpaired) electrons. The van der Waals surface area contributed by atoms with E-state index in [2.05, 4.69) is 12.2 Å². The predicted molar refractivity (Wildman–Crippen MR) is 83.3 cm³/mol. The topological polar surface area (TPSA) is 47.6 Å². The molecule has 20 heavy (non-hydrogen) atoms. The number of nitrogens with one attached hydrogen (secondary N) is 1. The van der Waals surface area contributed by atoms with Gasteiger partial charge in [0, 0.05) is 11.3 Å². The molecule has 112 valence electrons. The van der Waals surface area contributed by atoms with Crippen LogP contribution in [0.3, 0.4) is 0 Å². The molecule has 0 spiro atoms. The Balaban J connectivity index is 2.61. The van der Waals surface area contributed by atoms with Crippen LogP contribution in [0.1, 0.15) is 25.5 Å². The Morgan fingerprint density at radius 1 is 1.35 bits per heavy atom. The number of hydrogen-bond donors (Lipinski definition) is 1. The summed E-state index contributed by atoms with van der Waals surface area (Å²) in [5.41, 5.74) is 1.18. The van der Waals surface area contributed by atoms with E-state index in [-0.39, 0.29) is 17.3 Å². The molecule has 2 atom stereocenters. The van der Waals surface area contributed by atoms with Crippen LogP contribution < -0.4 is 10.1 Å². The molecule has 0 aromatic heterocycles. The molecule has 0 aliphatic carbocycles. The maximum atomic E-state index is 11.4. The van der Waals surface area contributed by atoms with Gasteiger partial charge in [-0.05, 0) is 31.7 Å². The number of carbonyl (C=O) groups excluding carboxylic acids is 1. The van der Waals surface area contributed by atoms with Crippen LogP contribution in [0.15, 0.2) is 24.3 Å². The lowest BCUT2D eigenvalue weighted by atomic mass is 10.0. The monoisotopic (exact) mass is 297 g/mol. The maximum absolute atomic E-state index is 11.4. The van der Waals surface area contributed by atoms with E-state index in [4.69, 9.17) is 9.47 Å². The van der Waals surface area contributed by atoms with Gasteiger partial charge in [0.25, 0.3) is 0 Å². The van der Waals surface area contributed by atoms with Crippen molar-refractivity contribution in [3.8, 4) is 5.75 Å². The minimum Gasteiger partial charge on any atom is -0.497 e. The Kier molecular flexibility index (Phi) is 7.47. The smallest absolute Gasteiger partial charge is 0.315 e. The Morgan fingerprint density at radius 3 is 2.50 bits per heavy atom. The summed E-state index contributed by atoms with van der Waals surface area (Å²) >= 11 is 1.59. The molecule has 1 rings (SSSR count). The summed E-state index contributed by atoms with van der Waals surface area (Å²) in [5, 5.41) is 3.56. The summed E-state index contributed by atoms with van der Waals surface area (Å²) < 4.78 is 10.1. The molecular weight excluding hydrogens is 274 g/mol. The lowest BCUT2D eigenvalue weighted by molar-refractivity contribution is -0.139. The minimum absolute atomic E-state index is 0.158. The van der Waals surface area contributed by atoms with Crippen molar-refractivity contribution in [1.82, 2.24) is 5.32 Å². The average molecular weight is 297 g/mol. The first-order valence-corrected chi connectivity index (χ1v) is 7.75. The zero-order valence-electron chi connectivity index (χ0n) is 12.5. The van der Waals surface area contributed by atoms with Gasteiger partial charge in [0.05, 0.1) is 19.5 Å². The van der Waals surface area contributed by atoms with Gasteiger partial charge in [-0.2, -0.15) is 0 Å². The fraction of sp³-hybridized carbons (Fsp3) is 0.533. The molecule has 0 aliphatic heterocycles. The van der Waals surface area contributed by atoms with Gasteiger partial charge in [0.15, 0.2) is 0 Å². The third-order valence-corrected chi connectivity index (χ3v) is 4.23. The van der Waals surface area contributed by atoms with Crippen molar-refractivity contribution in [3.63, 3.8) is 0 Å². The first-order valence-electron chi connectivity index (χ1n) is 6.70. The van der Waals surface area contributed by atoms with Crippen LogP contribution in [-0.2, 0) is 9.53 Å². The zero-order valence-corrected chi connectivity index (χ0v) is 13.3. The van der Waals surface area contributed by atoms with Crippen LogP contribution in [0.25, 0.3) is 0 Å². The number of ether oxygens (including phenoxy) is 2. The van der Waals surface area contributed by atoms with Crippen LogP contribution >= 0.6 is 11.8 Å². The van der Waals surface area contributed by atoms with Gasteiger partial charge in [0.2, 0.25) is 0 Å². The van der Waals surface area contributed by atoms with Gasteiger partial charge < -0.3 is 14.8 Å². The number of methoxy groups -OCH3 is 1. The number of esters is 1. The second kappa shape index (κ2) is 8.87. The lowest BCUT2D eigenvalue weighted by Gasteiger charge is -2.23. The number of hydrogen-bond acceptors (Lipinski definition) is 5. The molecule has 0 fully saturated rings. The van der Waals surface area contributed by atoms with Gasteiger partial charge >= 0.3 is 5.97 Å². The Morgan fingerprint density at radius 2 is 2.00 bits per heavy atom. The summed E-state index contributed by atoms with van der Waals surface area (Å²) in [4.78, 5) is 11.4. The van der Waals surface area contributed by atoms with Crippen molar-refractivity contribution in [1.29, 1.82) is 0 Å². The Bertz CT molecular complexity index is 408. The van der Waals surface area contributed by atoms with E-state index in [0.29, 0.717) is 12.4 Å². The summed E-state index contributed by atoms with van der Waals surface area (Å²) in [5.74, 6) is 1.06. The number of benzene rings is 1. The van der Waals surface area contributed by atoms with Gasteiger partial charge in [-0.25, -0.2) is 0 Å². The van der Waals surface area contributed by atoms with Crippen LogP contribution in [0, 0.1) is 0 Å². The van der Waals surface area contributed by atoms with Crippen molar-refractivity contribution in [2.75, 3.05) is 26.5 Å². The Labute approximate surface area is 125 Å². The van der Waals surface area contributed by atoms with E-state index in [1.54, 1.807) is 18.9 Å². The summed E-state index contributed by atoms with van der Waals surface area (Å²) in [7, 11) is 3.58. The zero-order chi connectivity index (χ0) is 15.0. The highest BCUT2D eigenvalue weighted by Gasteiger charge is 2.19. The fourth-order valence-corrected chi connectivity index (χ4v) is 2.95. The largest absolute Gasteiger partial charge is 0.497 e. The van der Waals surface area contributed by atoms with Gasteiger partial charge in [0.1, 0.15) is 5.75 Å². The highest BCUT2D eigenvalue weighted by molar-refractivity contribution is 8.00. The molecule has 1 aromatic carbocycles. The molecule has 5 heteroatoms. The summed E-state index contributed by atoms with van der Waals surface area (Å²) in [6.07, 6.45) is 0. The van der Waals surface area contributed by atoms with Crippen LogP contribution in [0.5, 0.6) is 5.75 Å². The molecule has 1 aromatic rings. The highest BCUT2D eigenvalue weighted by Crippen LogP contribution is 2.27. The predicted octanol–water partition coefficient (Wildman–Crippen LogP) is 2.64. The highest BCUT2D eigenvalue weighted by atomic mass is 32.2. The second-order valence-electron chi connectivity index (χ2n) is 4.36. The van der Waals surface area contributed by atoms with Crippen LogP contribution in [0.2, 0.25) is 0 Å². The quantitative estimate of drug-likeness (QED) is 0.748. The molecule has 1 N–H and O–H groups in total. The van der Waals surface area contributed by atoms with E-state index < -0.39 is 0 Å². The van der Waals surface area contributed by atoms with Crippen molar-refractivity contribution in [2.45, 2.75) is 25.1 Å². The molecular formula is C15H23NO3S. The Hall–Kier alpha value is -1.20. The lowest BCUT2D eigenvalue weighted by Crippen LogP contribution is -2.26. The fourth-order valence-electron chi connectivity index (χ4n) is 1.98. The normalized spacial score (nSPS) is 13.6. The SMILES string of the molecule is CCOC(=O)CSC(C)C(NC)c1ccc(OC)cc1. The van der Waals surface area contributed by atoms with Crippen LogP contribution in [0.4, 0.5) is 0 Å². The third-order valence-electron chi connectivity index (χ3n) is 3.02. The van der Waals surface area contributed by atoms with Crippen LogP contribution in [-0.4, -0.2) is 37.7 Å². The van der Waals surface area contributed by atoms with E-state index in [1.807, 2.05) is 38.2 Å². The first-order chi connectivity index (χ1) is 9.62. The first kappa shape index (κ1) is 16.9. The molecule has 0 heterocycles. The number of rotatable bonds is 8. The number of thioether (sulfide) groups is 1. The van der Waals surface area contributed by atoms with Crippen molar-refractivity contribution in [2.24, 2.45) is 0 Å². The van der Waals surface area contributed by atoms with Gasteiger partial charge in [-0.15, -0.1) is 11.8 Å². The van der Waals surface area contributed by atoms with Crippen molar-refractivity contribution < 1.29 is 14.3 Å². The molecule has 0 bridgehead atoms. The summed E-state index contributed by atoms with van der Waals surface area (Å²) in [6, 6.07) is 8.16. The van der Waals surface area contributed by atoms with E-state index in [9.17, 15) is 4.79 Å². The molecule has 0 saturated heterocycles. The van der Waals surface area contributed by atoms with E-state index in [1.165, 1.54) is 5.56 Å². The third kappa shape index (κ3) is 5.06. The van der Waals surface area contributed by atoms with Crippen molar-refractivity contribution >= 4 is 17.7 Å².